The molecule has 0 radical (unpaired) electrons. The third kappa shape index (κ3) is 4.18. The Morgan fingerprint density at radius 3 is 2.71 bits per heavy atom. The van der Waals surface area contributed by atoms with E-state index in [2.05, 4.69) is 33.3 Å². The van der Waals surface area contributed by atoms with E-state index in [1.807, 2.05) is 11.0 Å². The molecule has 0 unspecified atom stereocenters. The summed E-state index contributed by atoms with van der Waals surface area (Å²) >= 11 is 0. The number of amides is 1. The van der Waals surface area contributed by atoms with Crippen LogP contribution in [-0.2, 0) is 30.8 Å². The van der Waals surface area contributed by atoms with Gasteiger partial charge in [-0.05, 0) is 35.1 Å². The number of aromatic hydroxyl groups is 1. The highest BCUT2D eigenvalue weighted by molar-refractivity contribution is 6.01. The fraction of sp³-hybridized carbons (Fsp3) is 0.481. The van der Waals surface area contributed by atoms with Crippen molar-refractivity contribution in [2.24, 2.45) is 5.92 Å². The van der Waals surface area contributed by atoms with Gasteiger partial charge < -0.3 is 14.7 Å². The lowest BCUT2D eigenvalue weighted by molar-refractivity contribution is 0.0342. The van der Waals surface area contributed by atoms with Gasteiger partial charge in [-0.2, -0.15) is 5.10 Å². The SMILES string of the molecule is O=C(c1cc2c(CC3CCCC3)[nH]nc2cc1O)N1Cc2ccc(CN3CCOCC3)cc2C1. The number of benzene rings is 2. The number of phenolic OH excluding ortho intramolecular Hbond substituents is 1. The second-order valence-electron chi connectivity index (χ2n) is 10.1. The Morgan fingerprint density at radius 2 is 1.88 bits per heavy atom. The van der Waals surface area contributed by atoms with Gasteiger partial charge in [0.15, 0.2) is 0 Å². The minimum atomic E-state index is -0.127. The van der Waals surface area contributed by atoms with Crippen molar-refractivity contribution in [3.8, 4) is 5.75 Å². The number of aromatic amines is 1. The summed E-state index contributed by atoms with van der Waals surface area (Å²) in [4.78, 5) is 17.7. The van der Waals surface area contributed by atoms with Gasteiger partial charge in [0, 0.05) is 49.9 Å². The molecule has 2 N–H and O–H groups in total. The molecule has 34 heavy (non-hydrogen) atoms. The Kier molecular flexibility index (Phi) is 5.75. The van der Waals surface area contributed by atoms with Crippen LogP contribution in [-0.4, -0.2) is 57.3 Å². The van der Waals surface area contributed by atoms with E-state index in [1.165, 1.54) is 42.4 Å². The molecular formula is C27H32N4O3. The first kappa shape index (κ1) is 21.6. The summed E-state index contributed by atoms with van der Waals surface area (Å²) in [5, 5.41) is 19.2. The highest BCUT2D eigenvalue weighted by Crippen LogP contribution is 2.33. The summed E-state index contributed by atoms with van der Waals surface area (Å²) in [6, 6.07) is 10.0. The van der Waals surface area contributed by atoms with Crippen LogP contribution in [0.4, 0.5) is 0 Å². The summed E-state index contributed by atoms with van der Waals surface area (Å²) in [6.07, 6.45) is 6.06. The average Bonchev–Trinajstić information content (AvgIpc) is 3.59. The van der Waals surface area contributed by atoms with Crippen LogP contribution < -0.4 is 0 Å². The van der Waals surface area contributed by atoms with Crippen molar-refractivity contribution in [2.45, 2.75) is 51.7 Å². The molecule has 0 atom stereocenters. The largest absolute Gasteiger partial charge is 0.507 e. The number of phenols is 1. The number of aromatic nitrogens is 2. The van der Waals surface area contributed by atoms with Gasteiger partial charge in [-0.15, -0.1) is 0 Å². The van der Waals surface area contributed by atoms with E-state index < -0.39 is 0 Å². The molecule has 2 fully saturated rings. The molecule has 3 aliphatic rings. The molecule has 0 bridgehead atoms. The smallest absolute Gasteiger partial charge is 0.258 e. The molecule has 1 aliphatic carbocycles. The van der Waals surface area contributed by atoms with Crippen molar-refractivity contribution in [1.82, 2.24) is 20.0 Å². The van der Waals surface area contributed by atoms with Crippen LogP contribution in [0, 0.1) is 5.92 Å². The molecule has 1 saturated carbocycles. The number of nitrogens with zero attached hydrogens (tertiary/aromatic N) is 3. The predicted octanol–water partition coefficient (Wildman–Crippen LogP) is 3.99. The maximum atomic E-state index is 13.5. The van der Waals surface area contributed by atoms with E-state index in [0.29, 0.717) is 24.6 Å². The molecule has 0 spiro atoms. The highest BCUT2D eigenvalue weighted by Gasteiger charge is 2.28. The van der Waals surface area contributed by atoms with Crippen molar-refractivity contribution in [3.63, 3.8) is 0 Å². The van der Waals surface area contributed by atoms with Crippen LogP contribution in [0.25, 0.3) is 10.9 Å². The highest BCUT2D eigenvalue weighted by atomic mass is 16.5. The molecule has 1 amide bonds. The van der Waals surface area contributed by atoms with Crippen molar-refractivity contribution in [2.75, 3.05) is 26.3 Å². The topological polar surface area (TPSA) is 81.7 Å². The van der Waals surface area contributed by atoms with Gasteiger partial charge in [0.1, 0.15) is 5.75 Å². The fourth-order valence-corrected chi connectivity index (χ4v) is 5.81. The number of carbonyl (C=O) groups excluding carboxylic acids is 1. The van der Waals surface area contributed by atoms with E-state index >= 15 is 0 Å². The number of H-pyrrole nitrogens is 1. The molecule has 7 nitrogen and oxygen atoms in total. The molecule has 3 heterocycles. The lowest BCUT2D eigenvalue weighted by Gasteiger charge is -2.26. The minimum Gasteiger partial charge on any atom is -0.507 e. The Morgan fingerprint density at radius 1 is 1.09 bits per heavy atom. The summed E-state index contributed by atoms with van der Waals surface area (Å²) in [5.74, 6) is 0.551. The van der Waals surface area contributed by atoms with E-state index in [1.54, 1.807) is 6.07 Å². The van der Waals surface area contributed by atoms with Crippen LogP contribution in [0.15, 0.2) is 30.3 Å². The third-order valence-corrected chi connectivity index (χ3v) is 7.74. The van der Waals surface area contributed by atoms with Gasteiger partial charge in [-0.3, -0.25) is 14.8 Å². The number of rotatable bonds is 5. The molecule has 178 valence electrons. The van der Waals surface area contributed by atoms with Crippen LogP contribution in [0.2, 0.25) is 0 Å². The summed E-state index contributed by atoms with van der Waals surface area (Å²) in [5.41, 5.74) is 5.82. The third-order valence-electron chi connectivity index (χ3n) is 7.74. The number of morpholine rings is 1. The average molecular weight is 461 g/mol. The van der Waals surface area contributed by atoms with Crippen molar-refractivity contribution < 1.29 is 14.6 Å². The molecule has 1 aromatic heterocycles. The van der Waals surface area contributed by atoms with Crippen LogP contribution in [0.3, 0.4) is 0 Å². The quantitative estimate of drug-likeness (QED) is 0.602. The Balaban J connectivity index is 1.20. The van der Waals surface area contributed by atoms with Gasteiger partial charge in [-0.25, -0.2) is 0 Å². The number of ether oxygens (including phenoxy) is 1. The molecule has 7 heteroatoms. The van der Waals surface area contributed by atoms with Crippen LogP contribution in [0.5, 0.6) is 5.75 Å². The standard InChI is InChI=1S/C27H32N4O3/c32-26-14-25-22(24(28-29-25)12-18-3-1-2-4-18)13-23(26)27(33)31-16-20-6-5-19(11-21(20)17-31)15-30-7-9-34-10-8-30/h5-6,11,13-14,18,32H,1-4,7-10,12,15-17H2,(H,28,29). The molecule has 2 aromatic carbocycles. The monoisotopic (exact) mass is 460 g/mol. The van der Waals surface area contributed by atoms with E-state index in [4.69, 9.17) is 4.74 Å². The Hall–Kier alpha value is -2.90. The maximum Gasteiger partial charge on any atom is 0.258 e. The van der Waals surface area contributed by atoms with Crippen LogP contribution >= 0.6 is 0 Å². The molecule has 6 rings (SSSR count). The number of carbonyl (C=O) groups is 1. The summed E-state index contributed by atoms with van der Waals surface area (Å²) in [7, 11) is 0. The predicted molar refractivity (Wildman–Crippen MR) is 130 cm³/mol. The zero-order valence-corrected chi connectivity index (χ0v) is 19.6. The fourth-order valence-electron chi connectivity index (χ4n) is 5.81. The normalized spacial score (nSPS) is 19.2. The van der Waals surface area contributed by atoms with E-state index in [9.17, 15) is 9.90 Å². The zero-order chi connectivity index (χ0) is 23.1. The zero-order valence-electron chi connectivity index (χ0n) is 19.6. The molecular weight excluding hydrogens is 428 g/mol. The number of hydrogen-bond acceptors (Lipinski definition) is 5. The lowest BCUT2D eigenvalue weighted by atomic mass is 9.99. The van der Waals surface area contributed by atoms with Crippen molar-refractivity contribution >= 4 is 16.8 Å². The number of hydrogen-bond donors (Lipinski definition) is 2. The Labute approximate surface area is 199 Å². The van der Waals surface area contributed by atoms with E-state index in [0.717, 1.165) is 55.9 Å². The van der Waals surface area contributed by atoms with Gasteiger partial charge in [0.25, 0.3) is 5.91 Å². The molecule has 2 aliphatic heterocycles. The maximum absolute atomic E-state index is 13.5. The summed E-state index contributed by atoms with van der Waals surface area (Å²) in [6.45, 7) is 5.56. The van der Waals surface area contributed by atoms with E-state index in [-0.39, 0.29) is 11.7 Å². The second kappa shape index (κ2) is 9.04. The Bertz CT molecular complexity index is 1210. The van der Waals surface area contributed by atoms with Gasteiger partial charge in [0.05, 0.1) is 24.3 Å². The number of nitrogens with one attached hydrogen (secondary N) is 1. The van der Waals surface area contributed by atoms with Gasteiger partial charge >= 0.3 is 0 Å². The van der Waals surface area contributed by atoms with Gasteiger partial charge in [-0.1, -0.05) is 43.9 Å². The minimum absolute atomic E-state index is 0.000351. The lowest BCUT2D eigenvalue weighted by Crippen LogP contribution is -2.35. The summed E-state index contributed by atoms with van der Waals surface area (Å²) < 4.78 is 5.45. The van der Waals surface area contributed by atoms with Crippen LogP contribution in [0.1, 0.15) is 58.4 Å². The first-order valence-corrected chi connectivity index (χ1v) is 12.5. The number of fused-ring (bicyclic) bond motifs is 2. The van der Waals surface area contributed by atoms with Crippen molar-refractivity contribution in [3.05, 3.63) is 58.3 Å². The second-order valence-corrected chi connectivity index (χ2v) is 10.1. The first-order chi connectivity index (χ1) is 16.6. The van der Waals surface area contributed by atoms with Gasteiger partial charge in [0.2, 0.25) is 0 Å². The first-order valence-electron chi connectivity index (χ1n) is 12.5. The molecule has 1 saturated heterocycles. The van der Waals surface area contributed by atoms with Crippen molar-refractivity contribution in [1.29, 1.82) is 0 Å². The molecule has 3 aromatic rings.